The molecule has 3 heterocycles. The maximum Gasteiger partial charge on any atom is 0.189 e. The van der Waals surface area contributed by atoms with Gasteiger partial charge in [0.1, 0.15) is 5.75 Å². The molecule has 0 saturated heterocycles. The number of aryl methyl sites for hydroxylation is 1. The van der Waals surface area contributed by atoms with Gasteiger partial charge >= 0.3 is 0 Å². The van der Waals surface area contributed by atoms with Gasteiger partial charge < -0.3 is 20.4 Å². The number of hydrogen-bond acceptors (Lipinski definition) is 4. The molecule has 0 bridgehead atoms. The number of aliphatic imine (C=N–C) groups is 1. The molecular weight excluding hydrogens is 322 g/mol. The monoisotopic (exact) mass is 343 g/mol. The summed E-state index contributed by atoms with van der Waals surface area (Å²) < 4.78 is 7.88. The molecule has 1 unspecified atom stereocenters. The van der Waals surface area contributed by atoms with E-state index < -0.39 is 0 Å². The quantitative estimate of drug-likeness (QED) is 0.655. The number of nitrogens with two attached hydrogens (primary N) is 1. The van der Waals surface area contributed by atoms with Crippen LogP contribution >= 0.6 is 11.8 Å². The van der Waals surface area contributed by atoms with E-state index in [1.807, 2.05) is 30.0 Å². The maximum atomic E-state index is 6.07. The van der Waals surface area contributed by atoms with E-state index in [4.69, 9.17) is 10.5 Å². The maximum absolute atomic E-state index is 6.07. The van der Waals surface area contributed by atoms with Crippen molar-refractivity contribution in [2.75, 3.05) is 18.9 Å². The summed E-state index contributed by atoms with van der Waals surface area (Å²) in [6, 6.07) is 8.23. The van der Waals surface area contributed by atoms with Crippen molar-refractivity contribution in [3.8, 4) is 5.75 Å². The lowest BCUT2D eigenvalue weighted by Crippen LogP contribution is -2.37. The van der Waals surface area contributed by atoms with Gasteiger partial charge in [-0.1, -0.05) is 30.0 Å². The number of fused-ring (bicyclic) bond motifs is 2. The van der Waals surface area contributed by atoms with Crippen molar-refractivity contribution in [3.05, 3.63) is 41.7 Å². The van der Waals surface area contributed by atoms with Gasteiger partial charge in [0, 0.05) is 43.4 Å². The summed E-state index contributed by atoms with van der Waals surface area (Å²) in [6.45, 7) is 2.40. The molecular formula is C17H21N5OS. The predicted molar refractivity (Wildman–Crippen MR) is 95.6 cm³/mol. The van der Waals surface area contributed by atoms with Crippen molar-refractivity contribution >= 4 is 17.7 Å². The normalized spacial score (nSPS) is 19.5. The minimum atomic E-state index is 0.159. The van der Waals surface area contributed by atoms with Gasteiger partial charge in [0.05, 0.1) is 18.3 Å². The summed E-state index contributed by atoms with van der Waals surface area (Å²) in [5, 5.41) is 4.44. The zero-order valence-electron chi connectivity index (χ0n) is 13.4. The van der Waals surface area contributed by atoms with Crippen LogP contribution in [0.2, 0.25) is 0 Å². The number of rotatable bonds is 4. The molecule has 0 spiro atoms. The van der Waals surface area contributed by atoms with Crippen LogP contribution in [0.5, 0.6) is 5.75 Å². The van der Waals surface area contributed by atoms with Crippen LogP contribution < -0.4 is 15.8 Å². The minimum absolute atomic E-state index is 0.159. The van der Waals surface area contributed by atoms with E-state index in [0.29, 0.717) is 19.1 Å². The smallest absolute Gasteiger partial charge is 0.189 e. The number of nitrogens with zero attached hydrogens (tertiary/aromatic N) is 3. The second-order valence-corrected chi connectivity index (χ2v) is 7.01. The van der Waals surface area contributed by atoms with E-state index in [1.165, 1.54) is 0 Å². The van der Waals surface area contributed by atoms with Crippen molar-refractivity contribution in [2.24, 2.45) is 10.7 Å². The Balaban J connectivity index is 1.34. The number of imidazole rings is 1. The molecule has 3 N–H and O–H groups in total. The van der Waals surface area contributed by atoms with E-state index in [-0.39, 0.29) is 6.04 Å². The summed E-state index contributed by atoms with van der Waals surface area (Å²) in [7, 11) is 0. The van der Waals surface area contributed by atoms with Crippen LogP contribution in [0.4, 0.5) is 0 Å². The highest BCUT2D eigenvalue weighted by Gasteiger charge is 2.21. The lowest BCUT2D eigenvalue weighted by atomic mass is 10.0. The third-order valence-electron chi connectivity index (χ3n) is 4.28. The molecule has 1 aromatic heterocycles. The number of aromatic nitrogens is 2. The van der Waals surface area contributed by atoms with Gasteiger partial charge in [0.2, 0.25) is 0 Å². The average molecular weight is 343 g/mol. The molecule has 0 radical (unpaired) electrons. The number of para-hydroxylation sites is 1. The Kier molecular flexibility index (Phi) is 4.34. The van der Waals surface area contributed by atoms with Gasteiger partial charge in [0.25, 0.3) is 0 Å². The standard InChI is InChI=1S/C17H21N5OS/c18-16(19-7-5-12-11-22-8-10-24-17(22)20-12)21-14-6-9-23-15-4-2-1-3-13(14)15/h1-4,11,14H,5-10H2,(H3,18,19,21). The third-order valence-corrected chi connectivity index (χ3v) is 5.25. The molecule has 0 fully saturated rings. The molecule has 126 valence electrons. The average Bonchev–Trinajstić information content (AvgIpc) is 3.17. The summed E-state index contributed by atoms with van der Waals surface area (Å²) in [4.78, 5) is 9.07. The highest BCUT2D eigenvalue weighted by atomic mass is 32.2. The van der Waals surface area contributed by atoms with Crippen molar-refractivity contribution in [1.82, 2.24) is 14.9 Å². The molecule has 0 saturated carbocycles. The number of nitrogens with one attached hydrogen (secondary N) is 1. The lowest BCUT2D eigenvalue weighted by Gasteiger charge is -2.26. The Morgan fingerprint density at radius 3 is 3.29 bits per heavy atom. The number of ether oxygens (including phenoxy) is 1. The Morgan fingerprint density at radius 1 is 1.46 bits per heavy atom. The fourth-order valence-corrected chi connectivity index (χ4v) is 4.05. The van der Waals surface area contributed by atoms with Crippen LogP contribution in [0.1, 0.15) is 23.7 Å². The molecule has 6 nitrogen and oxygen atoms in total. The minimum Gasteiger partial charge on any atom is -0.493 e. The van der Waals surface area contributed by atoms with Gasteiger partial charge in [-0.2, -0.15) is 0 Å². The molecule has 0 aliphatic carbocycles. The van der Waals surface area contributed by atoms with Crippen LogP contribution in [0.3, 0.4) is 0 Å². The zero-order valence-corrected chi connectivity index (χ0v) is 14.3. The van der Waals surface area contributed by atoms with Gasteiger partial charge in [0.15, 0.2) is 11.1 Å². The Labute approximate surface area is 145 Å². The summed E-state index contributed by atoms with van der Waals surface area (Å²) in [6.07, 6.45) is 3.83. The van der Waals surface area contributed by atoms with E-state index in [1.54, 1.807) is 0 Å². The molecule has 24 heavy (non-hydrogen) atoms. The molecule has 7 heteroatoms. The highest BCUT2D eigenvalue weighted by Crippen LogP contribution is 2.31. The van der Waals surface area contributed by atoms with Crippen LogP contribution in [0.25, 0.3) is 0 Å². The Hall–Kier alpha value is -2.15. The molecule has 1 atom stereocenters. The first-order valence-corrected chi connectivity index (χ1v) is 9.25. The first-order chi connectivity index (χ1) is 11.8. The van der Waals surface area contributed by atoms with Crippen molar-refractivity contribution in [1.29, 1.82) is 0 Å². The fourth-order valence-electron chi connectivity index (χ4n) is 3.09. The highest BCUT2D eigenvalue weighted by molar-refractivity contribution is 7.99. The van der Waals surface area contributed by atoms with E-state index >= 15 is 0 Å². The molecule has 4 rings (SSSR count). The van der Waals surface area contributed by atoms with Crippen LogP contribution in [0.15, 0.2) is 40.6 Å². The van der Waals surface area contributed by atoms with E-state index in [2.05, 4.69) is 32.1 Å². The second-order valence-electron chi connectivity index (χ2n) is 5.95. The molecule has 2 aliphatic heterocycles. The molecule has 0 amide bonds. The van der Waals surface area contributed by atoms with E-state index in [0.717, 1.165) is 47.3 Å². The Bertz CT molecular complexity index is 736. The fraction of sp³-hybridized carbons (Fsp3) is 0.412. The predicted octanol–water partition coefficient (Wildman–Crippen LogP) is 1.96. The van der Waals surface area contributed by atoms with Crippen LogP contribution in [0, 0.1) is 0 Å². The van der Waals surface area contributed by atoms with Gasteiger partial charge in [-0.15, -0.1) is 0 Å². The zero-order chi connectivity index (χ0) is 16.4. The summed E-state index contributed by atoms with van der Waals surface area (Å²) in [5.41, 5.74) is 8.30. The number of hydrogen-bond donors (Lipinski definition) is 2. The largest absolute Gasteiger partial charge is 0.493 e. The second kappa shape index (κ2) is 6.76. The third kappa shape index (κ3) is 3.21. The lowest BCUT2D eigenvalue weighted by molar-refractivity contribution is 0.262. The molecule has 2 aromatic rings. The SMILES string of the molecule is NC(=NCCc1cn2c(n1)SCC2)NC1CCOc2ccccc21. The van der Waals surface area contributed by atoms with Gasteiger partial charge in [-0.25, -0.2) is 4.98 Å². The van der Waals surface area contributed by atoms with E-state index in [9.17, 15) is 0 Å². The first-order valence-electron chi connectivity index (χ1n) is 8.26. The molecule has 2 aliphatic rings. The van der Waals surface area contributed by atoms with Gasteiger partial charge in [-0.05, 0) is 6.07 Å². The first kappa shape index (κ1) is 15.4. The Morgan fingerprint density at radius 2 is 2.38 bits per heavy atom. The summed E-state index contributed by atoms with van der Waals surface area (Å²) >= 11 is 1.81. The van der Waals surface area contributed by atoms with Crippen molar-refractivity contribution < 1.29 is 4.74 Å². The summed E-state index contributed by atoms with van der Waals surface area (Å²) in [5.74, 6) is 2.54. The van der Waals surface area contributed by atoms with Crippen molar-refractivity contribution in [2.45, 2.75) is 30.6 Å². The van der Waals surface area contributed by atoms with Crippen molar-refractivity contribution in [3.63, 3.8) is 0 Å². The topological polar surface area (TPSA) is 77.5 Å². The van der Waals surface area contributed by atoms with Gasteiger partial charge in [-0.3, -0.25) is 4.99 Å². The molecule has 1 aromatic carbocycles. The number of guanidine groups is 1. The number of benzene rings is 1. The number of thioether (sulfide) groups is 1. The van der Waals surface area contributed by atoms with Crippen LogP contribution in [-0.4, -0.2) is 34.4 Å². The van der Waals surface area contributed by atoms with Crippen LogP contribution in [-0.2, 0) is 13.0 Å².